The summed E-state index contributed by atoms with van der Waals surface area (Å²) in [4.78, 5) is 60.4. The van der Waals surface area contributed by atoms with E-state index in [2.05, 4.69) is 31.9 Å². The van der Waals surface area contributed by atoms with Gasteiger partial charge in [-0.05, 0) is 101 Å². The van der Waals surface area contributed by atoms with Crippen LogP contribution in [0.4, 0.5) is 0 Å². The first kappa shape index (κ1) is 42.0. The summed E-state index contributed by atoms with van der Waals surface area (Å²) >= 11 is 0. The number of rotatable bonds is 25. The van der Waals surface area contributed by atoms with Gasteiger partial charge in [-0.3, -0.25) is 19.2 Å². The van der Waals surface area contributed by atoms with Crippen LogP contribution in [-0.4, -0.2) is 118 Å². The first-order valence-corrected chi connectivity index (χ1v) is 16.8. The number of nitrogens with one attached hydrogen (secondary N) is 6. The molecule has 282 valence electrons. The number of unbranched alkanes of at least 4 members (excludes halogenated alkanes) is 2. The lowest BCUT2D eigenvalue weighted by molar-refractivity contribution is -0.164. The molecule has 0 saturated heterocycles. The third-order valence-electron chi connectivity index (χ3n) is 7.62. The van der Waals surface area contributed by atoms with Gasteiger partial charge in [-0.25, -0.2) is 4.79 Å². The number of carbonyl (C=O) groups is 5. The van der Waals surface area contributed by atoms with Gasteiger partial charge in [0.2, 0.25) is 11.8 Å². The number of aromatic hydroxyl groups is 4. The number of amides is 4. The van der Waals surface area contributed by atoms with Crippen LogP contribution in [0.1, 0.15) is 72.1 Å². The van der Waals surface area contributed by atoms with Crippen molar-refractivity contribution in [1.29, 1.82) is 0 Å². The molecule has 0 bridgehead atoms. The van der Waals surface area contributed by atoms with Gasteiger partial charge in [-0.2, -0.15) is 0 Å². The molecule has 0 spiro atoms. The van der Waals surface area contributed by atoms with E-state index in [-0.39, 0.29) is 59.0 Å². The fourth-order valence-corrected chi connectivity index (χ4v) is 4.69. The minimum Gasteiger partial charge on any atom is -0.504 e. The SMILES string of the molecule is O=C(CC(O)(CC(=O)NCCCCNCCCNC(=O)c1ccc(O)c(O)c1)C(=O)O)NCCCCNCCCNC(=O)c1ccc(O)c(O)c1. The zero-order valence-electron chi connectivity index (χ0n) is 28.5. The predicted octanol–water partition coefficient (Wildman–Crippen LogP) is 0.0169. The fourth-order valence-electron chi connectivity index (χ4n) is 4.69. The minimum absolute atomic E-state index is 0.231. The van der Waals surface area contributed by atoms with Crippen molar-refractivity contribution in [1.82, 2.24) is 31.9 Å². The molecule has 17 heteroatoms. The van der Waals surface area contributed by atoms with E-state index >= 15 is 0 Å². The molecule has 4 amide bonds. The first-order valence-electron chi connectivity index (χ1n) is 16.8. The van der Waals surface area contributed by atoms with Gasteiger partial charge in [0, 0.05) is 37.3 Å². The largest absolute Gasteiger partial charge is 0.504 e. The van der Waals surface area contributed by atoms with Crippen LogP contribution in [0.5, 0.6) is 23.0 Å². The number of hydrogen-bond donors (Lipinski definition) is 12. The van der Waals surface area contributed by atoms with Crippen molar-refractivity contribution in [3.8, 4) is 23.0 Å². The molecule has 0 atom stereocenters. The maximum absolute atomic E-state index is 12.3. The van der Waals surface area contributed by atoms with Crippen LogP contribution >= 0.6 is 0 Å². The predicted molar refractivity (Wildman–Crippen MR) is 185 cm³/mol. The number of carboxylic acids is 1. The molecule has 12 N–H and O–H groups in total. The average Bonchev–Trinajstić information content (AvgIpc) is 3.08. The Bertz CT molecular complexity index is 1360. The van der Waals surface area contributed by atoms with Crippen molar-refractivity contribution in [3.63, 3.8) is 0 Å². The lowest BCUT2D eigenvalue weighted by Gasteiger charge is -2.22. The van der Waals surface area contributed by atoms with Crippen molar-refractivity contribution in [3.05, 3.63) is 47.5 Å². The normalized spacial score (nSPS) is 11.1. The van der Waals surface area contributed by atoms with Crippen molar-refractivity contribution in [2.24, 2.45) is 0 Å². The molecular formula is C34H50N6O11. The molecule has 0 saturated carbocycles. The van der Waals surface area contributed by atoms with E-state index in [1.807, 2.05) is 0 Å². The first-order chi connectivity index (χ1) is 24.3. The molecule has 2 aromatic rings. The summed E-state index contributed by atoms with van der Waals surface area (Å²) in [5, 5.41) is 74.6. The van der Waals surface area contributed by atoms with Crippen LogP contribution in [0.15, 0.2) is 36.4 Å². The van der Waals surface area contributed by atoms with Gasteiger partial charge in [-0.1, -0.05) is 0 Å². The standard InChI is InChI=1S/C34H50N6O11/c41-25-9-7-23(19-27(25)43)31(47)39-17-5-13-35-11-1-3-15-37-29(45)21-34(51,33(49)50)22-30(46)38-16-4-2-12-36-14-6-18-40-32(48)24-8-10-26(42)28(44)20-24/h7-10,19-20,35-36,41-44,51H,1-6,11-18,21-22H2,(H,37,45)(H,38,46)(H,39,47)(H,40,48)(H,49,50). The van der Waals surface area contributed by atoms with Gasteiger partial charge >= 0.3 is 5.97 Å². The molecule has 0 heterocycles. The van der Waals surface area contributed by atoms with E-state index in [1.54, 1.807) is 0 Å². The van der Waals surface area contributed by atoms with Crippen LogP contribution < -0.4 is 31.9 Å². The van der Waals surface area contributed by atoms with Crippen LogP contribution in [0.3, 0.4) is 0 Å². The maximum atomic E-state index is 12.3. The summed E-state index contributed by atoms with van der Waals surface area (Å²) in [5.74, 6) is -5.15. The highest BCUT2D eigenvalue weighted by Gasteiger charge is 2.40. The smallest absolute Gasteiger partial charge is 0.336 e. The highest BCUT2D eigenvalue weighted by atomic mass is 16.4. The summed E-state index contributed by atoms with van der Waals surface area (Å²) in [7, 11) is 0. The number of benzene rings is 2. The monoisotopic (exact) mass is 718 g/mol. The van der Waals surface area contributed by atoms with E-state index in [0.29, 0.717) is 77.8 Å². The molecular weight excluding hydrogens is 668 g/mol. The van der Waals surface area contributed by atoms with Gasteiger partial charge in [0.15, 0.2) is 28.6 Å². The lowest BCUT2D eigenvalue weighted by atomic mass is 9.94. The number of phenolic OH excluding ortho intramolecular Hbond substituents is 4. The number of aliphatic carboxylic acids is 1. The number of carbonyl (C=O) groups excluding carboxylic acids is 4. The highest BCUT2D eigenvalue weighted by Crippen LogP contribution is 2.25. The molecule has 51 heavy (non-hydrogen) atoms. The Morgan fingerprint density at radius 1 is 0.490 bits per heavy atom. The van der Waals surface area contributed by atoms with Crippen LogP contribution in [-0.2, 0) is 14.4 Å². The molecule has 17 nitrogen and oxygen atoms in total. The summed E-state index contributed by atoms with van der Waals surface area (Å²) < 4.78 is 0. The Morgan fingerprint density at radius 2 is 0.843 bits per heavy atom. The molecule has 0 aliphatic rings. The molecule has 0 radical (unpaired) electrons. The van der Waals surface area contributed by atoms with E-state index in [1.165, 1.54) is 36.4 Å². The second-order valence-electron chi connectivity index (χ2n) is 11.9. The van der Waals surface area contributed by atoms with E-state index in [9.17, 15) is 54.6 Å². The zero-order chi connectivity index (χ0) is 37.6. The number of aliphatic hydroxyl groups is 1. The van der Waals surface area contributed by atoms with Gasteiger partial charge in [0.1, 0.15) is 0 Å². The second-order valence-corrected chi connectivity index (χ2v) is 11.9. The van der Waals surface area contributed by atoms with Crippen molar-refractivity contribution < 1.29 is 54.6 Å². The van der Waals surface area contributed by atoms with Gasteiger partial charge in [-0.15, -0.1) is 0 Å². The van der Waals surface area contributed by atoms with E-state index < -0.39 is 36.2 Å². The van der Waals surface area contributed by atoms with Crippen LogP contribution in [0.2, 0.25) is 0 Å². The Kier molecular flexibility index (Phi) is 18.6. The van der Waals surface area contributed by atoms with Crippen LogP contribution in [0, 0.1) is 0 Å². The molecule has 0 aromatic heterocycles. The van der Waals surface area contributed by atoms with Gasteiger partial charge in [0.05, 0.1) is 12.8 Å². The summed E-state index contributed by atoms with van der Waals surface area (Å²) in [6.07, 6.45) is 2.33. The van der Waals surface area contributed by atoms with Crippen molar-refractivity contribution >= 4 is 29.6 Å². The Balaban J connectivity index is 1.47. The molecule has 2 rings (SSSR count). The fraction of sp³-hybridized carbons (Fsp3) is 0.500. The Morgan fingerprint density at radius 3 is 1.22 bits per heavy atom. The number of hydrogen-bond acceptors (Lipinski definition) is 12. The summed E-state index contributed by atoms with van der Waals surface area (Å²) in [6.45, 7) is 3.84. The number of carboxylic acid groups (broad SMARTS) is 1. The molecule has 2 aromatic carbocycles. The quantitative estimate of drug-likeness (QED) is 0.0477. The van der Waals surface area contributed by atoms with Crippen molar-refractivity contribution in [2.75, 3.05) is 52.4 Å². The van der Waals surface area contributed by atoms with Crippen LogP contribution in [0.25, 0.3) is 0 Å². The maximum Gasteiger partial charge on any atom is 0.336 e. The lowest BCUT2D eigenvalue weighted by Crippen LogP contribution is -2.47. The third-order valence-corrected chi connectivity index (χ3v) is 7.62. The Labute approximate surface area is 295 Å². The van der Waals surface area contributed by atoms with Gasteiger partial charge < -0.3 is 62.5 Å². The highest BCUT2D eigenvalue weighted by molar-refractivity contribution is 5.95. The molecule has 0 aliphatic carbocycles. The topological polar surface area (TPSA) is 279 Å². The summed E-state index contributed by atoms with van der Waals surface area (Å²) in [5.41, 5.74) is -2.09. The molecule has 0 aliphatic heterocycles. The average molecular weight is 719 g/mol. The second kappa shape index (κ2) is 22.6. The molecule has 0 fully saturated rings. The number of phenols is 4. The Hall–Kier alpha value is -5.13. The van der Waals surface area contributed by atoms with E-state index in [0.717, 1.165) is 0 Å². The zero-order valence-corrected chi connectivity index (χ0v) is 28.5. The third kappa shape index (κ3) is 16.4. The van der Waals surface area contributed by atoms with Crippen molar-refractivity contribution in [2.45, 2.75) is 57.0 Å². The minimum atomic E-state index is -2.55. The summed E-state index contributed by atoms with van der Waals surface area (Å²) in [6, 6.07) is 7.64. The molecule has 0 unspecified atom stereocenters. The van der Waals surface area contributed by atoms with E-state index in [4.69, 9.17) is 0 Å². The van der Waals surface area contributed by atoms with Gasteiger partial charge in [0.25, 0.3) is 11.8 Å².